The number of anilines is 1. The van der Waals surface area contributed by atoms with E-state index in [1.165, 1.54) is 18.3 Å². The molecule has 0 fully saturated rings. The van der Waals surface area contributed by atoms with Gasteiger partial charge in [0.2, 0.25) is 0 Å². The molecule has 0 aliphatic rings. The van der Waals surface area contributed by atoms with Crippen molar-refractivity contribution in [1.29, 1.82) is 0 Å². The van der Waals surface area contributed by atoms with Crippen LogP contribution in [-0.2, 0) is 0 Å². The molecule has 4 nitrogen and oxygen atoms in total. The van der Waals surface area contributed by atoms with Crippen LogP contribution in [0.5, 0.6) is 0 Å². The van der Waals surface area contributed by atoms with Crippen molar-refractivity contribution in [3.63, 3.8) is 0 Å². The molecule has 0 unspecified atom stereocenters. The number of nitrogens with one attached hydrogen (secondary N) is 1. The zero-order valence-corrected chi connectivity index (χ0v) is 9.35. The quantitative estimate of drug-likeness (QED) is 0.900. The molecular weight excluding hydrogens is 253 g/mol. The summed E-state index contributed by atoms with van der Waals surface area (Å²) >= 11 is 6.78. The topological polar surface area (TPSA) is 54.9 Å². The molecule has 1 amide bonds. The molecule has 0 aliphatic carbocycles. The summed E-state index contributed by atoms with van der Waals surface area (Å²) in [6.45, 7) is 0. The van der Waals surface area contributed by atoms with Crippen LogP contribution in [0.2, 0.25) is 5.02 Å². The van der Waals surface area contributed by atoms with Crippen LogP contribution in [0.25, 0.3) is 0 Å². The summed E-state index contributed by atoms with van der Waals surface area (Å²) in [5.74, 6) is -0.906. The van der Waals surface area contributed by atoms with Crippen LogP contribution in [-0.4, -0.2) is 15.5 Å². The lowest BCUT2D eigenvalue weighted by atomic mass is 10.2. The number of rotatable bonds is 2. The molecule has 2 aromatic rings. The van der Waals surface area contributed by atoms with Crippen LogP contribution < -0.4 is 5.32 Å². The number of hydrogen-bond acceptors (Lipinski definition) is 4. The summed E-state index contributed by atoms with van der Waals surface area (Å²) in [7, 11) is 0. The lowest BCUT2D eigenvalue weighted by Crippen LogP contribution is -2.11. The first-order valence-electron chi connectivity index (χ1n) is 4.20. The zero-order valence-electron chi connectivity index (χ0n) is 7.78. The molecule has 2 rings (SSSR count). The molecule has 0 radical (unpaired) electrons. The first-order valence-corrected chi connectivity index (χ1v) is 5.36. The van der Waals surface area contributed by atoms with Crippen LogP contribution in [0.3, 0.4) is 0 Å². The number of halogens is 2. The van der Waals surface area contributed by atoms with Crippen molar-refractivity contribution in [1.82, 2.24) is 9.59 Å². The summed E-state index contributed by atoms with van der Waals surface area (Å²) in [6.07, 6.45) is 1.42. The molecule has 1 heterocycles. The molecule has 82 valence electrons. The minimum Gasteiger partial charge on any atom is -0.311 e. The monoisotopic (exact) mass is 257 g/mol. The zero-order chi connectivity index (χ0) is 11.5. The van der Waals surface area contributed by atoms with Gasteiger partial charge in [-0.25, -0.2) is 4.39 Å². The minimum absolute atomic E-state index is 0.0648. The van der Waals surface area contributed by atoms with Crippen molar-refractivity contribution in [3.05, 3.63) is 40.8 Å². The van der Waals surface area contributed by atoms with E-state index in [9.17, 15) is 9.18 Å². The van der Waals surface area contributed by atoms with E-state index in [2.05, 4.69) is 14.9 Å². The van der Waals surface area contributed by atoms with Gasteiger partial charge >= 0.3 is 0 Å². The number of amides is 1. The summed E-state index contributed by atoms with van der Waals surface area (Å²) in [4.78, 5) is 11.7. The third-order valence-corrected chi connectivity index (χ3v) is 2.67. The largest absolute Gasteiger partial charge is 0.311 e. The molecule has 0 spiro atoms. The smallest absolute Gasteiger partial charge is 0.257 e. The number of aromatic nitrogens is 2. The SMILES string of the molecule is O=C(Nc1cnns1)c1ccc(F)cc1Cl. The molecule has 0 aliphatic heterocycles. The van der Waals surface area contributed by atoms with Crippen molar-refractivity contribution >= 4 is 34.0 Å². The summed E-state index contributed by atoms with van der Waals surface area (Å²) in [5, 5.41) is 6.68. The molecule has 0 saturated carbocycles. The third kappa shape index (κ3) is 2.34. The van der Waals surface area contributed by atoms with Gasteiger partial charge in [-0.05, 0) is 18.2 Å². The van der Waals surface area contributed by atoms with Gasteiger partial charge in [-0.3, -0.25) is 4.79 Å². The fourth-order valence-corrected chi connectivity index (χ4v) is 1.74. The third-order valence-electron chi connectivity index (χ3n) is 1.77. The predicted octanol–water partition coefficient (Wildman–Crippen LogP) is 2.58. The van der Waals surface area contributed by atoms with Gasteiger partial charge < -0.3 is 5.32 Å². The van der Waals surface area contributed by atoms with Gasteiger partial charge in [0.05, 0.1) is 16.8 Å². The summed E-state index contributed by atoms with van der Waals surface area (Å²) < 4.78 is 16.3. The second kappa shape index (κ2) is 4.54. The van der Waals surface area contributed by atoms with Crippen LogP contribution in [0.4, 0.5) is 9.39 Å². The standard InChI is InChI=1S/C9H5ClFN3OS/c10-7-3-5(11)1-2-6(7)9(15)13-8-4-12-14-16-8/h1-4H,(H,13,15). The van der Waals surface area contributed by atoms with Crippen LogP contribution in [0, 0.1) is 5.82 Å². The Balaban J connectivity index is 2.21. The van der Waals surface area contributed by atoms with Gasteiger partial charge in [0.25, 0.3) is 5.91 Å². The van der Waals surface area contributed by atoms with Gasteiger partial charge in [-0.15, -0.1) is 5.10 Å². The van der Waals surface area contributed by atoms with Crippen molar-refractivity contribution < 1.29 is 9.18 Å². The first kappa shape index (κ1) is 11.0. The van der Waals surface area contributed by atoms with E-state index in [-0.39, 0.29) is 10.6 Å². The van der Waals surface area contributed by atoms with Crippen LogP contribution >= 0.6 is 23.1 Å². The summed E-state index contributed by atoms with van der Waals surface area (Å²) in [5.41, 5.74) is 0.205. The number of hydrogen-bond donors (Lipinski definition) is 1. The van der Waals surface area contributed by atoms with Crippen LogP contribution in [0.15, 0.2) is 24.4 Å². The Morgan fingerprint density at radius 2 is 2.31 bits per heavy atom. The number of nitrogens with zero attached hydrogens (tertiary/aromatic N) is 2. The maximum Gasteiger partial charge on any atom is 0.257 e. The minimum atomic E-state index is -0.485. The Hall–Kier alpha value is -1.53. The van der Waals surface area contributed by atoms with E-state index >= 15 is 0 Å². The van der Waals surface area contributed by atoms with E-state index in [1.807, 2.05) is 0 Å². The van der Waals surface area contributed by atoms with E-state index in [0.717, 1.165) is 17.6 Å². The van der Waals surface area contributed by atoms with Crippen molar-refractivity contribution in [2.45, 2.75) is 0 Å². The molecule has 0 saturated heterocycles. The molecule has 7 heteroatoms. The molecule has 0 bridgehead atoms. The Kier molecular flexibility index (Phi) is 3.12. The Morgan fingerprint density at radius 1 is 1.50 bits per heavy atom. The molecule has 1 aromatic carbocycles. The maximum atomic E-state index is 12.8. The first-order chi connectivity index (χ1) is 7.66. The normalized spacial score (nSPS) is 10.1. The van der Waals surface area contributed by atoms with Crippen molar-refractivity contribution in [3.8, 4) is 0 Å². The molecule has 1 N–H and O–H groups in total. The predicted molar refractivity (Wildman–Crippen MR) is 59.3 cm³/mol. The van der Waals surface area contributed by atoms with E-state index in [1.54, 1.807) is 0 Å². The molecule has 0 atom stereocenters. The molecular formula is C9H5ClFN3OS. The number of carbonyl (C=O) groups is 1. The fourth-order valence-electron chi connectivity index (χ4n) is 1.08. The highest BCUT2D eigenvalue weighted by molar-refractivity contribution is 7.10. The van der Waals surface area contributed by atoms with Gasteiger partial charge in [0.15, 0.2) is 0 Å². The van der Waals surface area contributed by atoms with E-state index < -0.39 is 11.7 Å². The summed E-state index contributed by atoms with van der Waals surface area (Å²) in [6, 6.07) is 3.58. The van der Waals surface area contributed by atoms with Gasteiger partial charge in [-0.2, -0.15) is 0 Å². The van der Waals surface area contributed by atoms with Crippen LogP contribution in [0.1, 0.15) is 10.4 Å². The average Bonchev–Trinajstić information content (AvgIpc) is 2.70. The lowest BCUT2D eigenvalue weighted by molar-refractivity contribution is 0.102. The lowest BCUT2D eigenvalue weighted by Gasteiger charge is -2.03. The highest BCUT2D eigenvalue weighted by atomic mass is 35.5. The van der Waals surface area contributed by atoms with Gasteiger partial charge in [-0.1, -0.05) is 16.1 Å². The fraction of sp³-hybridized carbons (Fsp3) is 0. The second-order valence-electron chi connectivity index (χ2n) is 2.86. The van der Waals surface area contributed by atoms with E-state index in [4.69, 9.17) is 11.6 Å². The Morgan fingerprint density at radius 3 is 2.94 bits per heavy atom. The number of benzene rings is 1. The maximum absolute atomic E-state index is 12.8. The number of carbonyl (C=O) groups excluding carboxylic acids is 1. The Bertz CT molecular complexity index is 517. The van der Waals surface area contributed by atoms with Gasteiger partial charge in [0.1, 0.15) is 10.8 Å². The average molecular weight is 258 g/mol. The highest BCUT2D eigenvalue weighted by Gasteiger charge is 2.11. The van der Waals surface area contributed by atoms with Crippen molar-refractivity contribution in [2.75, 3.05) is 5.32 Å². The van der Waals surface area contributed by atoms with Gasteiger partial charge in [0, 0.05) is 11.5 Å². The highest BCUT2D eigenvalue weighted by Crippen LogP contribution is 2.19. The molecule has 1 aromatic heterocycles. The Labute approximate surface area is 99.2 Å². The van der Waals surface area contributed by atoms with E-state index in [0.29, 0.717) is 5.00 Å². The van der Waals surface area contributed by atoms with Crippen molar-refractivity contribution in [2.24, 2.45) is 0 Å². The molecule has 16 heavy (non-hydrogen) atoms. The second-order valence-corrected chi connectivity index (χ2v) is 4.05.